The average Bonchev–Trinajstić information content (AvgIpc) is 3.37. The highest BCUT2D eigenvalue weighted by Gasteiger charge is 2.25. The molecule has 0 spiro atoms. The molecule has 10 heteroatoms. The van der Waals surface area contributed by atoms with Crippen molar-refractivity contribution in [2.75, 3.05) is 48.4 Å². The highest BCUT2D eigenvalue weighted by atomic mass is 32.2. The van der Waals surface area contributed by atoms with Crippen molar-refractivity contribution in [1.29, 1.82) is 0 Å². The van der Waals surface area contributed by atoms with E-state index in [4.69, 9.17) is 9.47 Å². The van der Waals surface area contributed by atoms with Gasteiger partial charge in [-0.3, -0.25) is 9.52 Å². The number of anilines is 3. The third kappa shape index (κ3) is 5.77. The maximum absolute atomic E-state index is 13.5. The van der Waals surface area contributed by atoms with E-state index in [1.165, 1.54) is 30.6 Å². The largest absolute Gasteiger partial charge is 0.495 e. The highest BCUT2D eigenvalue weighted by Crippen LogP contribution is 2.33. The van der Waals surface area contributed by atoms with Gasteiger partial charge in [0.1, 0.15) is 10.6 Å². The molecule has 0 bridgehead atoms. The molecule has 178 valence electrons. The number of carbonyl (C=O) groups is 1. The van der Waals surface area contributed by atoms with Crippen LogP contribution in [0.15, 0.2) is 70.9 Å². The van der Waals surface area contributed by atoms with E-state index in [0.717, 1.165) is 4.88 Å². The predicted molar refractivity (Wildman–Crippen MR) is 135 cm³/mol. The van der Waals surface area contributed by atoms with E-state index in [-0.39, 0.29) is 10.8 Å². The molecule has 0 aliphatic carbocycles. The van der Waals surface area contributed by atoms with E-state index in [9.17, 15) is 13.2 Å². The number of thiophene rings is 1. The Balaban J connectivity index is 1.65. The van der Waals surface area contributed by atoms with Crippen LogP contribution >= 0.6 is 11.3 Å². The number of amides is 1. The number of rotatable bonds is 8. The molecule has 1 amide bonds. The van der Waals surface area contributed by atoms with E-state index < -0.39 is 10.0 Å². The van der Waals surface area contributed by atoms with Crippen LogP contribution in [-0.2, 0) is 19.6 Å². The van der Waals surface area contributed by atoms with E-state index in [1.807, 2.05) is 22.4 Å². The number of hydrogen-bond acceptors (Lipinski definition) is 7. The molecule has 0 atom stereocenters. The van der Waals surface area contributed by atoms with Crippen LogP contribution in [0.1, 0.15) is 4.88 Å². The summed E-state index contributed by atoms with van der Waals surface area (Å²) in [5, 5.41) is 4.68. The van der Waals surface area contributed by atoms with Gasteiger partial charge in [-0.15, -0.1) is 11.3 Å². The number of ether oxygens (including phenoxy) is 2. The van der Waals surface area contributed by atoms with Gasteiger partial charge in [-0.05, 0) is 47.9 Å². The monoisotopic (exact) mass is 499 g/mol. The summed E-state index contributed by atoms with van der Waals surface area (Å²) in [5.41, 5.74) is 1.24. The zero-order valence-electron chi connectivity index (χ0n) is 18.6. The van der Waals surface area contributed by atoms with Crippen molar-refractivity contribution >= 4 is 50.4 Å². The quantitative estimate of drug-likeness (QED) is 0.454. The first kappa shape index (κ1) is 23.8. The van der Waals surface area contributed by atoms with Crippen molar-refractivity contribution < 1.29 is 22.7 Å². The van der Waals surface area contributed by atoms with Crippen LogP contribution in [-0.4, -0.2) is 47.7 Å². The third-order valence-corrected chi connectivity index (χ3v) is 7.39. The summed E-state index contributed by atoms with van der Waals surface area (Å²) in [6.07, 6.45) is 3.13. The molecule has 1 aliphatic heterocycles. The summed E-state index contributed by atoms with van der Waals surface area (Å²) in [6, 6.07) is 15.5. The van der Waals surface area contributed by atoms with Gasteiger partial charge in [0.15, 0.2) is 0 Å². The summed E-state index contributed by atoms with van der Waals surface area (Å²) in [5.74, 6) is 0.0516. The number of methoxy groups -OCH3 is 1. The van der Waals surface area contributed by atoms with Crippen LogP contribution in [0.3, 0.4) is 0 Å². The standard InChI is InChI=1S/C24H25N3O5S2/c1-31-22-7-3-2-6-20(22)26-34(29,30)23-17-18(8-10-21(23)27-12-14-32-15-13-27)25-24(28)11-9-19-5-4-16-33-19/h2-11,16-17,26H,12-15H2,1H3,(H,25,28)/b11-9+. The molecular weight excluding hydrogens is 474 g/mol. The Kier molecular flexibility index (Phi) is 7.51. The van der Waals surface area contributed by atoms with E-state index in [0.29, 0.717) is 49.1 Å². The Morgan fingerprint density at radius 2 is 1.91 bits per heavy atom. The molecule has 8 nitrogen and oxygen atoms in total. The number of nitrogens with zero attached hydrogens (tertiary/aromatic N) is 1. The molecule has 3 aromatic rings. The second-order valence-electron chi connectivity index (χ2n) is 7.43. The second-order valence-corrected chi connectivity index (χ2v) is 10.1. The lowest BCUT2D eigenvalue weighted by atomic mass is 10.2. The van der Waals surface area contributed by atoms with Gasteiger partial charge in [-0.25, -0.2) is 8.42 Å². The van der Waals surface area contributed by atoms with Crippen LogP contribution in [0, 0.1) is 0 Å². The average molecular weight is 500 g/mol. The molecule has 34 heavy (non-hydrogen) atoms. The van der Waals surface area contributed by atoms with Crippen molar-refractivity contribution in [3.05, 3.63) is 70.9 Å². The SMILES string of the molecule is COc1ccccc1NS(=O)(=O)c1cc(NC(=O)/C=C/c2cccs2)ccc1N1CCOCC1. The molecule has 2 heterocycles. The fraction of sp³-hybridized carbons (Fsp3) is 0.208. The molecule has 4 rings (SSSR count). The van der Waals surface area contributed by atoms with Crippen LogP contribution < -0.4 is 19.7 Å². The predicted octanol–water partition coefficient (Wildman–Crippen LogP) is 4.05. The normalized spacial score (nSPS) is 14.2. The lowest BCUT2D eigenvalue weighted by Crippen LogP contribution is -2.37. The Morgan fingerprint density at radius 3 is 2.65 bits per heavy atom. The molecule has 1 fully saturated rings. The molecule has 1 aliphatic rings. The fourth-order valence-corrected chi connectivity index (χ4v) is 5.47. The molecule has 2 aromatic carbocycles. The zero-order valence-corrected chi connectivity index (χ0v) is 20.2. The van der Waals surface area contributed by atoms with Gasteiger partial charge < -0.3 is 19.7 Å². The van der Waals surface area contributed by atoms with Crippen LogP contribution in [0.2, 0.25) is 0 Å². The van der Waals surface area contributed by atoms with Gasteiger partial charge >= 0.3 is 0 Å². The molecule has 1 saturated heterocycles. The number of benzene rings is 2. The van der Waals surface area contributed by atoms with Crippen LogP contribution in [0.25, 0.3) is 6.08 Å². The maximum Gasteiger partial charge on any atom is 0.264 e. The molecule has 0 radical (unpaired) electrons. The summed E-state index contributed by atoms with van der Waals surface area (Å²) < 4.78 is 40.3. The van der Waals surface area contributed by atoms with Gasteiger partial charge in [0, 0.05) is 29.7 Å². The lowest BCUT2D eigenvalue weighted by molar-refractivity contribution is -0.111. The second kappa shape index (κ2) is 10.7. The molecular formula is C24H25N3O5S2. The van der Waals surface area contributed by atoms with Gasteiger partial charge in [0.2, 0.25) is 5.91 Å². The third-order valence-electron chi connectivity index (χ3n) is 5.16. The van der Waals surface area contributed by atoms with Crippen molar-refractivity contribution in [3.8, 4) is 5.75 Å². The molecule has 0 saturated carbocycles. The Hall–Kier alpha value is -3.34. The number of morpholine rings is 1. The molecule has 2 N–H and O–H groups in total. The summed E-state index contributed by atoms with van der Waals surface area (Å²) in [7, 11) is -2.53. The number of para-hydroxylation sites is 2. The maximum atomic E-state index is 13.5. The van der Waals surface area contributed by atoms with Gasteiger partial charge in [0.25, 0.3) is 10.0 Å². The first-order chi connectivity index (χ1) is 16.5. The summed E-state index contributed by atoms with van der Waals surface area (Å²) in [6.45, 7) is 2.13. The first-order valence-corrected chi connectivity index (χ1v) is 13.0. The minimum atomic E-state index is -4.01. The minimum absolute atomic E-state index is 0.0559. The van der Waals surface area contributed by atoms with Gasteiger partial charge in [0.05, 0.1) is 31.7 Å². The summed E-state index contributed by atoms with van der Waals surface area (Å²) >= 11 is 1.52. The molecule has 1 aromatic heterocycles. The van der Waals surface area contributed by atoms with Crippen molar-refractivity contribution in [3.63, 3.8) is 0 Å². The molecule has 0 unspecified atom stereocenters. The highest BCUT2D eigenvalue weighted by molar-refractivity contribution is 7.93. The number of carbonyl (C=O) groups excluding carboxylic acids is 1. The van der Waals surface area contributed by atoms with E-state index in [2.05, 4.69) is 10.0 Å². The fourth-order valence-electron chi connectivity index (χ4n) is 3.53. The summed E-state index contributed by atoms with van der Waals surface area (Å²) in [4.78, 5) is 15.4. The lowest BCUT2D eigenvalue weighted by Gasteiger charge is -2.30. The van der Waals surface area contributed by atoms with Gasteiger partial charge in [-0.1, -0.05) is 18.2 Å². The Labute approximate surface area is 202 Å². The van der Waals surface area contributed by atoms with Crippen molar-refractivity contribution in [1.82, 2.24) is 0 Å². The number of nitrogens with one attached hydrogen (secondary N) is 2. The zero-order chi connectivity index (χ0) is 24.0. The number of sulfonamides is 1. The van der Waals surface area contributed by atoms with Crippen LogP contribution in [0.5, 0.6) is 5.75 Å². The topological polar surface area (TPSA) is 97.0 Å². The van der Waals surface area contributed by atoms with Crippen molar-refractivity contribution in [2.45, 2.75) is 4.90 Å². The first-order valence-electron chi connectivity index (χ1n) is 10.6. The van der Waals surface area contributed by atoms with E-state index >= 15 is 0 Å². The minimum Gasteiger partial charge on any atom is -0.495 e. The van der Waals surface area contributed by atoms with Crippen molar-refractivity contribution in [2.24, 2.45) is 0 Å². The smallest absolute Gasteiger partial charge is 0.264 e. The van der Waals surface area contributed by atoms with Crippen LogP contribution in [0.4, 0.5) is 17.1 Å². The Morgan fingerprint density at radius 1 is 1.12 bits per heavy atom. The van der Waals surface area contributed by atoms with E-state index in [1.54, 1.807) is 42.5 Å². The Bertz CT molecular complexity index is 1270. The number of hydrogen-bond donors (Lipinski definition) is 2. The van der Waals surface area contributed by atoms with Gasteiger partial charge in [-0.2, -0.15) is 0 Å².